The van der Waals surface area contributed by atoms with Crippen LogP contribution in [0.3, 0.4) is 0 Å². The average molecular weight is 831 g/mol. The SMILES string of the molecule is COC(=O)c1cnc(OC)cc1F.COc1cc(F)c(Br)cn1.COc1cc(F)c(C=O)cn1.COc1cc(F)c(CO)cn1.COc1cc(F)ccn1. The first kappa shape index (κ1) is 46.0. The molecule has 0 bridgehead atoms. The topological polar surface area (TPSA) is 174 Å². The number of carbonyl (C=O) groups excluding carboxylic acids is 2. The molecular weight excluding hydrogens is 797 g/mol. The van der Waals surface area contributed by atoms with E-state index in [0.717, 1.165) is 30.6 Å². The molecule has 0 unspecified atom stereocenters. The molecule has 5 aromatic rings. The van der Waals surface area contributed by atoms with Crippen molar-refractivity contribution < 1.29 is 65.1 Å². The number of esters is 1. The van der Waals surface area contributed by atoms with Gasteiger partial charge in [0.2, 0.25) is 29.4 Å². The quantitative estimate of drug-likeness (QED) is 0.110. The fourth-order valence-corrected chi connectivity index (χ4v) is 3.30. The number of rotatable bonds is 8. The summed E-state index contributed by atoms with van der Waals surface area (Å²) >= 11 is 2.97. The van der Waals surface area contributed by atoms with Crippen molar-refractivity contribution in [3.05, 3.63) is 118 Å². The number of pyridine rings is 5. The summed E-state index contributed by atoms with van der Waals surface area (Å²) in [5.41, 5.74) is -0.0973. The summed E-state index contributed by atoms with van der Waals surface area (Å²) in [6.07, 6.45) is 6.56. The molecule has 1 N–H and O–H groups in total. The number of aliphatic hydroxyl groups excluding tert-OH is 1. The van der Waals surface area contributed by atoms with E-state index >= 15 is 0 Å². The lowest BCUT2D eigenvalue weighted by molar-refractivity contribution is 0.0594. The lowest BCUT2D eigenvalue weighted by Gasteiger charge is -2.02. The van der Waals surface area contributed by atoms with Gasteiger partial charge in [-0.15, -0.1) is 0 Å². The van der Waals surface area contributed by atoms with E-state index in [4.69, 9.17) is 5.11 Å². The molecular formula is C34H33BrF5N5O9. The highest BCUT2D eigenvalue weighted by Crippen LogP contribution is 2.17. The molecule has 5 heterocycles. The van der Waals surface area contributed by atoms with Gasteiger partial charge in [-0.1, -0.05) is 0 Å². The Balaban J connectivity index is 0.000000339. The van der Waals surface area contributed by atoms with Crippen LogP contribution in [0, 0.1) is 29.1 Å². The zero-order valence-corrected chi connectivity index (χ0v) is 30.9. The standard InChI is InChI=1S/C8H8FNO3.C7H8FNO2.C7H6FNO2.C6H5BrFNO.C6H6FNO/c1-12-7-3-6(9)5(4-10-7)8(11)13-2;2*1-11-7-2-6(8)5(4-10)3-9-7;1-10-6-2-5(8)4(7)3-9-6;1-9-6-4-5(7)2-3-8-6/h3-4H,1-2H3;2-3,10H,4H2,1H3;2-4H,1H3;2-3H,1H3;2-4H,1H3. The van der Waals surface area contributed by atoms with Gasteiger partial charge >= 0.3 is 5.97 Å². The Morgan fingerprint density at radius 3 is 1.52 bits per heavy atom. The summed E-state index contributed by atoms with van der Waals surface area (Å²) in [6.45, 7) is -0.344. The highest BCUT2D eigenvalue weighted by Gasteiger charge is 2.13. The van der Waals surface area contributed by atoms with Crippen LogP contribution in [0.1, 0.15) is 26.3 Å². The van der Waals surface area contributed by atoms with Crippen LogP contribution in [-0.2, 0) is 11.3 Å². The maximum Gasteiger partial charge on any atom is 0.342 e. The summed E-state index contributed by atoms with van der Waals surface area (Å²) in [5.74, 6) is -2.22. The summed E-state index contributed by atoms with van der Waals surface area (Å²) in [7, 11) is 8.20. The van der Waals surface area contributed by atoms with Gasteiger partial charge < -0.3 is 33.5 Å². The molecule has 5 aromatic heterocycles. The van der Waals surface area contributed by atoms with Crippen LogP contribution in [-0.4, -0.2) is 84.9 Å². The third kappa shape index (κ3) is 16.1. The Hall–Kier alpha value is -6.02. The Labute approximate surface area is 314 Å². The summed E-state index contributed by atoms with van der Waals surface area (Å²) in [4.78, 5) is 39.4. The zero-order chi connectivity index (χ0) is 40.6. The number of aliphatic hydroxyl groups is 1. The molecule has 0 saturated carbocycles. The monoisotopic (exact) mass is 829 g/mol. The molecule has 290 valence electrons. The highest BCUT2D eigenvalue weighted by molar-refractivity contribution is 9.10. The van der Waals surface area contributed by atoms with Gasteiger partial charge in [-0.25, -0.2) is 51.7 Å². The molecule has 14 nitrogen and oxygen atoms in total. The molecule has 0 aliphatic rings. The van der Waals surface area contributed by atoms with Crippen LogP contribution in [0.4, 0.5) is 22.0 Å². The number of halogens is 6. The van der Waals surface area contributed by atoms with Crippen molar-refractivity contribution in [1.29, 1.82) is 0 Å². The van der Waals surface area contributed by atoms with Crippen molar-refractivity contribution >= 4 is 28.2 Å². The van der Waals surface area contributed by atoms with Crippen molar-refractivity contribution in [3.63, 3.8) is 0 Å². The third-order valence-electron chi connectivity index (χ3n) is 5.82. The predicted octanol–water partition coefficient (Wildman–Crippen LogP) is 6.00. The van der Waals surface area contributed by atoms with Gasteiger partial charge in [0.1, 0.15) is 34.6 Å². The number of ether oxygens (including phenoxy) is 6. The van der Waals surface area contributed by atoms with E-state index < -0.39 is 23.4 Å². The third-order valence-corrected chi connectivity index (χ3v) is 6.40. The molecule has 0 aliphatic heterocycles. The van der Waals surface area contributed by atoms with Crippen molar-refractivity contribution in [1.82, 2.24) is 24.9 Å². The zero-order valence-electron chi connectivity index (χ0n) is 29.4. The van der Waals surface area contributed by atoms with Gasteiger partial charge in [0.05, 0.1) is 59.3 Å². The molecule has 0 saturated heterocycles. The minimum absolute atomic E-state index is 0.0641. The minimum atomic E-state index is -0.757. The lowest BCUT2D eigenvalue weighted by Crippen LogP contribution is -2.05. The van der Waals surface area contributed by atoms with Crippen molar-refractivity contribution in [2.75, 3.05) is 42.7 Å². The van der Waals surface area contributed by atoms with Crippen molar-refractivity contribution in [3.8, 4) is 29.4 Å². The molecule has 0 aliphatic carbocycles. The first-order valence-electron chi connectivity index (χ1n) is 14.5. The van der Waals surface area contributed by atoms with Gasteiger partial charge in [-0.05, 0) is 22.0 Å². The van der Waals surface area contributed by atoms with E-state index in [1.807, 2.05) is 0 Å². The van der Waals surface area contributed by atoms with Gasteiger partial charge in [-0.2, -0.15) is 0 Å². The first-order valence-corrected chi connectivity index (χ1v) is 15.3. The van der Waals surface area contributed by atoms with Crippen molar-refractivity contribution in [2.24, 2.45) is 0 Å². The molecule has 20 heteroatoms. The molecule has 0 fully saturated rings. The average Bonchev–Trinajstić information content (AvgIpc) is 3.19. The highest BCUT2D eigenvalue weighted by atomic mass is 79.9. The number of hydrogen-bond donors (Lipinski definition) is 1. The number of methoxy groups -OCH3 is 6. The van der Waals surface area contributed by atoms with Crippen LogP contribution in [0.25, 0.3) is 0 Å². The van der Waals surface area contributed by atoms with Crippen LogP contribution >= 0.6 is 15.9 Å². The van der Waals surface area contributed by atoms with Gasteiger partial charge in [-0.3, -0.25) is 4.79 Å². The van der Waals surface area contributed by atoms with Gasteiger partial charge in [0.25, 0.3) is 0 Å². The molecule has 0 amide bonds. The van der Waals surface area contributed by atoms with Crippen LogP contribution < -0.4 is 23.7 Å². The van der Waals surface area contributed by atoms with E-state index in [-0.39, 0.29) is 58.5 Å². The molecule has 0 radical (unpaired) electrons. The van der Waals surface area contributed by atoms with Crippen LogP contribution in [0.5, 0.6) is 29.4 Å². The first-order chi connectivity index (χ1) is 25.8. The van der Waals surface area contributed by atoms with Crippen molar-refractivity contribution in [2.45, 2.75) is 6.61 Å². The molecule has 5 rings (SSSR count). The summed E-state index contributed by atoms with van der Waals surface area (Å²) < 4.78 is 91.3. The summed E-state index contributed by atoms with van der Waals surface area (Å²) in [5, 5.41) is 8.56. The van der Waals surface area contributed by atoms with Gasteiger partial charge in [0.15, 0.2) is 6.29 Å². The number of aromatic nitrogens is 5. The summed E-state index contributed by atoms with van der Waals surface area (Å²) in [6, 6.07) is 6.91. The molecule has 0 spiro atoms. The maximum absolute atomic E-state index is 13.1. The minimum Gasteiger partial charge on any atom is -0.481 e. The molecule has 0 aromatic carbocycles. The predicted molar refractivity (Wildman–Crippen MR) is 184 cm³/mol. The van der Waals surface area contributed by atoms with E-state index in [1.54, 1.807) is 0 Å². The Morgan fingerprint density at radius 1 is 0.648 bits per heavy atom. The number of aldehydes is 1. The van der Waals surface area contributed by atoms with E-state index in [1.165, 1.54) is 79.4 Å². The fourth-order valence-electron chi connectivity index (χ4n) is 3.08. The number of carbonyl (C=O) groups is 2. The Kier molecular flexibility index (Phi) is 21.3. The molecule has 0 atom stereocenters. The second-order valence-electron chi connectivity index (χ2n) is 9.20. The van der Waals surface area contributed by atoms with E-state index in [9.17, 15) is 31.5 Å². The normalized spacial score (nSPS) is 9.43. The molecule has 54 heavy (non-hydrogen) atoms. The van der Waals surface area contributed by atoms with Gasteiger partial charge in [0, 0.05) is 66.9 Å². The Morgan fingerprint density at radius 2 is 1.11 bits per heavy atom. The van der Waals surface area contributed by atoms with Crippen LogP contribution in [0.15, 0.2) is 71.9 Å². The number of hydrogen-bond acceptors (Lipinski definition) is 14. The van der Waals surface area contributed by atoms with Crippen LogP contribution in [0.2, 0.25) is 0 Å². The second-order valence-corrected chi connectivity index (χ2v) is 10.1. The smallest absolute Gasteiger partial charge is 0.342 e. The fraction of sp³-hybridized carbons (Fsp3) is 0.206. The Bertz CT molecular complexity index is 1930. The maximum atomic E-state index is 13.1. The van der Waals surface area contributed by atoms with E-state index in [0.29, 0.717) is 16.6 Å². The largest absolute Gasteiger partial charge is 0.481 e. The lowest BCUT2D eigenvalue weighted by atomic mass is 10.3. The van der Waals surface area contributed by atoms with E-state index in [2.05, 4.69) is 69.3 Å². The second kappa shape index (κ2) is 25.0. The number of nitrogens with zero attached hydrogens (tertiary/aromatic N) is 5.